The molecule has 3 aromatic heterocycles. The molecule has 1 aliphatic rings. The highest BCUT2D eigenvalue weighted by Crippen LogP contribution is 2.43. The summed E-state index contributed by atoms with van der Waals surface area (Å²) in [6, 6.07) is 16.1. The Kier molecular flexibility index (Phi) is 4.91. The summed E-state index contributed by atoms with van der Waals surface area (Å²) in [6.45, 7) is 6.25. The Morgan fingerprint density at radius 3 is 2.52 bits per heavy atom. The van der Waals surface area contributed by atoms with Gasteiger partial charge in [-0.2, -0.15) is 5.26 Å². The number of hydrogen-bond acceptors (Lipinski definition) is 5. The number of rotatable bonds is 3. The summed E-state index contributed by atoms with van der Waals surface area (Å²) in [6.07, 6.45) is 3.74. The van der Waals surface area contributed by atoms with E-state index in [4.69, 9.17) is 4.98 Å². The van der Waals surface area contributed by atoms with Gasteiger partial charge in [0.15, 0.2) is 0 Å². The number of hydrogen-bond donors (Lipinski definition) is 0. The Bertz CT molecular complexity index is 1410. The Labute approximate surface area is 196 Å². The highest BCUT2D eigenvalue weighted by molar-refractivity contribution is 7.22. The number of urea groups is 1. The lowest BCUT2D eigenvalue weighted by atomic mass is 9.86. The molecule has 0 spiro atoms. The maximum atomic E-state index is 13.4. The molecule has 0 saturated heterocycles. The first-order chi connectivity index (χ1) is 15.8. The van der Waals surface area contributed by atoms with Crippen LogP contribution < -0.4 is 4.90 Å². The molecule has 7 heteroatoms. The van der Waals surface area contributed by atoms with Crippen molar-refractivity contribution in [3.63, 3.8) is 0 Å². The first-order valence-corrected chi connectivity index (χ1v) is 11.5. The highest BCUT2D eigenvalue weighted by atomic mass is 32.1. The van der Waals surface area contributed by atoms with Gasteiger partial charge < -0.3 is 4.90 Å². The molecule has 0 N–H and O–H groups in total. The van der Waals surface area contributed by atoms with Gasteiger partial charge in [-0.1, -0.05) is 18.2 Å². The Morgan fingerprint density at radius 2 is 1.85 bits per heavy atom. The van der Waals surface area contributed by atoms with Crippen LogP contribution in [0.4, 0.5) is 16.2 Å². The molecule has 0 aliphatic carbocycles. The number of thiophene rings is 1. The lowest BCUT2D eigenvalue weighted by molar-refractivity contribution is 0.213. The smallest absolute Gasteiger partial charge is 0.323 e. The second-order valence-corrected chi connectivity index (χ2v) is 9.94. The molecule has 0 saturated carbocycles. The van der Waals surface area contributed by atoms with Gasteiger partial charge >= 0.3 is 6.03 Å². The highest BCUT2D eigenvalue weighted by Gasteiger charge is 2.32. The molecule has 0 radical (unpaired) electrons. The van der Waals surface area contributed by atoms with E-state index >= 15 is 0 Å². The minimum absolute atomic E-state index is 0.0907. The van der Waals surface area contributed by atoms with E-state index in [1.54, 1.807) is 28.2 Å². The quantitative estimate of drug-likeness (QED) is 0.372. The number of aromatic nitrogens is 2. The molecule has 0 atom stereocenters. The second-order valence-electron chi connectivity index (χ2n) is 8.91. The zero-order valence-corrected chi connectivity index (χ0v) is 19.8. The largest absolute Gasteiger partial charge is 0.329 e. The van der Waals surface area contributed by atoms with Gasteiger partial charge in [0, 0.05) is 46.5 Å². The Morgan fingerprint density at radius 1 is 1.09 bits per heavy atom. The number of aryl methyl sites for hydroxylation is 1. The summed E-state index contributed by atoms with van der Waals surface area (Å²) in [7, 11) is 1.80. The van der Waals surface area contributed by atoms with Crippen LogP contribution in [0, 0.1) is 18.3 Å². The molecular weight excluding hydrogens is 430 g/mol. The van der Waals surface area contributed by atoms with E-state index < -0.39 is 5.41 Å². The summed E-state index contributed by atoms with van der Waals surface area (Å²) >= 11 is 1.60. The maximum absolute atomic E-state index is 13.4. The third-order valence-corrected chi connectivity index (χ3v) is 7.17. The van der Waals surface area contributed by atoms with Crippen LogP contribution in [0.25, 0.3) is 20.7 Å². The van der Waals surface area contributed by atoms with Gasteiger partial charge in [0.2, 0.25) is 0 Å². The van der Waals surface area contributed by atoms with E-state index in [1.165, 1.54) is 0 Å². The van der Waals surface area contributed by atoms with Crippen molar-refractivity contribution >= 4 is 39.0 Å². The van der Waals surface area contributed by atoms with Crippen LogP contribution in [-0.4, -0.2) is 27.9 Å². The zero-order chi connectivity index (χ0) is 23.3. The summed E-state index contributed by atoms with van der Waals surface area (Å²) in [5.41, 5.74) is 4.96. The monoisotopic (exact) mass is 453 g/mol. The molecule has 6 nitrogen and oxygen atoms in total. The molecule has 5 rings (SSSR count). The molecule has 164 valence electrons. The molecule has 0 unspecified atom stereocenters. The van der Waals surface area contributed by atoms with Gasteiger partial charge in [-0.3, -0.25) is 9.88 Å². The van der Waals surface area contributed by atoms with Crippen LogP contribution in [0.2, 0.25) is 0 Å². The van der Waals surface area contributed by atoms with E-state index in [-0.39, 0.29) is 6.03 Å². The number of nitriles is 1. The first kappa shape index (κ1) is 21.1. The van der Waals surface area contributed by atoms with E-state index in [9.17, 15) is 10.1 Å². The average molecular weight is 454 g/mol. The third-order valence-electron chi connectivity index (χ3n) is 6.08. The number of benzene rings is 1. The van der Waals surface area contributed by atoms with Crippen molar-refractivity contribution in [1.82, 2.24) is 14.9 Å². The second kappa shape index (κ2) is 7.68. The van der Waals surface area contributed by atoms with Crippen LogP contribution in [0.1, 0.15) is 30.7 Å². The molecule has 1 aromatic carbocycles. The number of fused-ring (bicyclic) bond motifs is 3. The average Bonchev–Trinajstić information content (AvgIpc) is 3.25. The summed E-state index contributed by atoms with van der Waals surface area (Å²) in [5, 5.41) is 10.4. The Balaban J connectivity index is 1.66. The lowest BCUT2D eigenvalue weighted by Gasteiger charge is -2.35. The number of carbonyl (C=O) groups excluding carboxylic acids is 1. The number of anilines is 2. The van der Waals surface area contributed by atoms with Crippen molar-refractivity contribution in [2.45, 2.75) is 32.7 Å². The maximum Gasteiger partial charge on any atom is 0.329 e. The van der Waals surface area contributed by atoms with Crippen molar-refractivity contribution in [2.75, 3.05) is 11.9 Å². The molecule has 1 aliphatic heterocycles. The molecule has 4 heterocycles. The molecule has 0 bridgehead atoms. The zero-order valence-electron chi connectivity index (χ0n) is 19.0. The fourth-order valence-corrected chi connectivity index (χ4v) is 5.07. The molecule has 2 amide bonds. The number of pyridine rings is 2. The minimum atomic E-state index is -0.597. The number of carbonyl (C=O) groups is 1. The minimum Gasteiger partial charge on any atom is -0.323 e. The van der Waals surface area contributed by atoms with Gasteiger partial charge in [0.25, 0.3) is 0 Å². The summed E-state index contributed by atoms with van der Waals surface area (Å²) < 4.78 is 0. The fraction of sp³-hybridized carbons (Fsp3) is 0.231. The normalized spacial score (nSPS) is 13.8. The van der Waals surface area contributed by atoms with Crippen LogP contribution in [0.5, 0.6) is 0 Å². The van der Waals surface area contributed by atoms with Gasteiger partial charge in [-0.05, 0) is 50.6 Å². The van der Waals surface area contributed by atoms with Crippen LogP contribution in [0.3, 0.4) is 0 Å². The molecule has 4 aromatic rings. The van der Waals surface area contributed by atoms with Gasteiger partial charge in [-0.25, -0.2) is 9.78 Å². The summed E-state index contributed by atoms with van der Waals surface area (Å²) in [5.74, 6) is 0. The molecule has 33 heavy (non-hydrogen) atoms. The standard InChI is InChI=1S/C26H23N5OS/c1-16-5-6-17(12-28-16)22-11-21-23-18(13-29-24(21)33-22)14-30(4)25(32)31(23)20-9-7-19(8-10-20)26(2,3)15-27/h5-13H,14H2,1-4H3. The number of nitrogens with zero attached hydrogens (tertiary/aromatic N) is 5. The Hall–Kier alpha value is -3.76. The van der Waals surface area contributed by atoms with Crippen molar-refractivity contribution in [2.24, 2.45) is 0 Å². The van der Waals surface area contributed by atoms with E-state index in [0.29, 0.717) is 6.54 Å². The van der Waals surface area contributed by atoms with Gasteiger partial charge in [0.1, 0.15) is 4.83 Å². The topological polar surface area (TPSA) is 73.1 Å². The van der Waals surface area contributed by atoms with E-state index in [2.05, 4.69) is 23.2 Å². The van der Waals surface area contributed by atoms with E-state index in [0.717, 1.165) is 48.9 Å². The lowest BCUT2D eigenvalue weighted by Crippen LogP contribution is -2.42. The van der Waals surface area contributed by atoms with Crippen LogP contribution >= 0.6 is 11.3 Å². The SMILES string of the molecule is Cc1ccc(-c2cc3c4c(cnc3s2)CN(C)C(=O)N4c2ccc(C(C)(C)C#N)cc2)cn1. The van der Waals surface area contributed by atoms with Crippen LogP contribution in [0.15, 0.2) is 54.9 Å². The predicted molar refractivity (Wildman–Crippen MR) is 132 cm³/mol. The first-order valence-electron chi connectivity index (χ1n) is 10.7. The fourth-order valence-electron chi connectivity index (χ4n) is 4.07. The van der Waals surface area contributed by atoms with Crippen LogP contribution in [-0.2, 0) is 12.0 Å². The van der Waals surface area contributed by atoms with Crippen molar-refractivity contribution in [3.8, 4) is 16.5 Å². The third kappa shape index (κ3) is 3.53. The molecular formula is C26H23N5OS. The van der Waals surface area contributed by atoms with Crippen molar-refractivity contribution in [3.05, 3.63) is 71.7 Å². The predicted octanol–water partition coefficient (Wildman–Crippen LogP) is 6.17. The van der Waals surface area contributed by atoms with Gasteiger partial charge in [-0.15, -0.1) is 11.3 Å². The van der Waals surface area contributed by atoms with Crippen molar-refractivity contribution in [1.29, 1.82) is 5.26 Å². The van der Waals surface area contributed by atoms with Gasteiger partial charge in [0.05, 0.1) is 29.4 Å². The number of amides is 2. The molecule has 0 fully saturated rings. The van der Waals surface area contributed by atoms with E-state index in [1.807, 2.05) is 63.5 Å². The summed E-state index contributed by atoms with van der Waals surface area (Å²) in [4.78, 5) is 27.9. The van der Waals surface area contributed by atoms with Crippen molar-refractivity contribution < 1.29 is 4.79 Å².